The molecule has 21 nitrogen and oxygen atoms in total. The van der Waals surface area contributed by atoms with Gasteiger partial charge in [-0.1, -0.05) is 60.3 Å². The van der Waals surface area contributed by atoms with Crippen molar-refractivity contribution in [2.24, 2.45) is 5.41 Å². The molecule has 484 valence electrons. The predicted molar refractivity (Wildman–Crippen MR) is 361 cm³/mol. The highest BCUT2D eigenvalue weighted by molar-refractivity contribution is 7.89. The second-order valence-corrected chi connectivity index (χ2v) is 31.8. The van der Waals surface area contributed by atoms with Crippen LogP contribution < -0.4 is 19.8 Å². The number of H-pyrrole nitrogens is 4. The van der Waals surface area contributed by atoms with Crippen molar-refractivity contribution in [1.82, 2.24) is 64.9 Å². The normalized spacial score (nSPS) is 19.1. The summed E-state index contributed by atoms with van der Waals surface area (Å²) in [5, 5.41) is 49.1. The van der Waals surface area contributed by atoms with E-state index in [1.54, 1.807) is 24.3 Å². The zero-order valence-corrected chi connectivity index (χ0v) is 56.9. The molecule has 3 aliphatic heterocycles. The fraction of sp³-hybridized carbons (Fsp3) is 0.532. The number of aromatic nitrogens is 8. The van der Waals surface area contributed by atoms with Gasteiger partial charge in [-0.3, -0.25) is 35.0 Å². The molecule has 1 amide bonds. The predicted octanol–water partition coefficient (Wildman–Crippen LogP) is 10.7. The van der Waals surface area contributed by atoms with Crippen LogP contribution in [-0.2, 0) is 30.4 Å². The fourth-order valence-corrected chi connectivity index (χ4v) is 15.4. The quantitative estimate of drug-likeness (QED) is 0.0567. The van der Waals surface area contributed by atoms with Crippen LogP contribution >= 0.6 is 46.4 Å². The molecule has 4 fully saturated rings. The molecule has 0 bridgehead atoms. The van der Waals surface area contributed by atoms with Gasteiger partial charge in [-0.05, 0) is 144 Å². The summed E-state index contributed by atoms with van der Waals surface area (Å²) < 4.78 is 50.5. The van der Waals surface area contributed by atoms with Gasteiger partial charge in [-0.2, -0.15) is 20.4 Å². The number of nitrogens with zero attached hydrogens (tertiary/aromatic N) is 9. The fourth-order valence-electron chi connectivity index (χ4n) is 12.9. The Kier molecular flexibility index (Phi) is 21.3. The standard InChI is InChI=1S/C17H24ClN5O.C16H24ClN5O2S.C15H19ClN2O.C14H18ClN3O2S/c1-12(24)19-4-5-23-7-6-22(11-17(23,2)3)16-9-13(18)8-15-14(16)10-20-21-15;1-16(2)11-21(6-7-22(16)5-4-19-25(3,23)24)15-9-12(17)8-14-13(15)10-18-20-14;1-14(2)3-5-15(19,6-4-14)12-7-10(16)8-13-11(12)9-17-18-13;1-2-21(19,20)18-5-3-10(4-6-18)12-7-11(15)8-14-13(12)9-16-17-14/h8-10H,4-7,11H2,1-3H3,(H,19,24)(H,20,21);8-10,19H,4-7,11H2,1-3H3,(H,18,20);7-9,19H,3-6H2,1-2H3,(H,17,18);7-10H,2-6H2,1H3,(H,16,17). The molecule has 12 rings (SSSR count). The Balaban J connectivity index is 0.000000142. The number of anilines is 2. The van der Waals surface area contributed by atoms with Crippen LogP contribution in [0, 0.1) is 5.41 Å². The Morgan fingerprint density at radius 3 is 1.48 bits per heavy atom. The first kappa shape index (κ1) is 68.1. The van der Waals surface area contributed by atoms with Crippen molar-refractivity contribution < 1.29 is 26.7 Å². The number of carbonyl (C=O) groups excluding carboxylic acids is 1. The Hall–Kier alpha value is -5.31. The number of nitrogens with one attached hydrogen (secondary N) is 6. The number of piperazine rings is 2. The van der Waals surface area contributed by atoms with E-state index in [1.165, 1.54) is 11.8 Å². The van der Waals surface area contributed by atoms with E-state index in [0.29, 0.717) is 64.1 Å². The summed E-state index contributed by atoms with van der Waals surface area (Å²) in [6.07, 6.45) is 13.7. The number of aromatic amines is 4. The number of amides is 1. The zero-order chi connectivity index (χ0) is 64.3. The van der Waals surface area contributed by atoms with Crippen LogP contribution in [-0.4, -0.2) is 184 Å². The van der Waals surface area contributed by atoms with Gasteiger partial charge in [0, 0.05) is 150 Å². The average molecular weight is 1340 g/mol. The Morgan fingerprint density at radius 1 is 0.596 bits per heavy atom. The number of fused-ring (bicyclic) bond motifs is 4. The summed E-state index contributed by atoms with van der Waals surface area (Å²) in [6.45, 7) is 25.7. The second-order valence-electron chi connectivity index (χ2n) is 26.0. The molecule has 4 aromatic heterocycles. The van der Waals surface area contributed by atoms with E-state index >= 15 is 0 Å². The highest BCUT2D eigenvalue weighted by Gasteiger charge is 2.40. The van der Waals surface area contributed by atoms with E-state index in [9.17, 15) is 26.7 Å². The molecule has 4 aliphatic rings. The Morgan fingerprint density at radius 2 is 1.02 bits per heavy atom. The van der Waals surface area contributed by atoms with Crippen LogP contribution in [0.5, 0.6) is 0 Å². The molecule has 0 unspecified atom stereocenters. The first-order chi connectivity index (χ1) is 41.9. The van der Waals surface area contributed by atoms with E-state index < -0.39 is 25.6 Å². The van der Waals surface area contributed by atoms with Crippen LogP contribution in [0.15, 0.2) is 73.3 Å². The summed E-state index contributed by atoms with van der Waals surface area (Å²) in [5.41, 5.74) is 7.47. The largest absolute Gasteiger partial charge is 0.385 e. The lowest BCUT2D eigenvalue weighted by Gasteiger charge is -2.48. The van der Waals surface area contributed by atoms with Crippen LogP contribution in [0.3, 0.4) is 0 Å². The number of rotatable bonds is 13. The topological polar surface area (TPSA) is 261 Å². The van der Waals surface area contributed by atoms with E-state index in [1.807, 2.05) is 67.1 Å². The molecule has 7 heterocycles. The summed E-state index contributed by atoms with van der Waals surface area (Å²) in [4.78, 5) is 20.5. The minimum Gasteiger partial charge on any atom is -0.385 e. The third-order valence-corrected chi connectivity index (χ3v) is 21.5. The molecule has 1 aliphatic carbocycles. The molecule has 0 radical (unpaired) electrons. The van der Waals surface area contributed by atoms with E-state index in [4.69, 9.17) is 46.4 Å². The maximum atomic E-state index is 11.9. The molecule has 0 spiro atoms. The van der Waals surface area contributed by atoms with Crippen molar-refractivity contribution in [3.05, 3.63) is 105 Å². The summed E-state index contributed by atoms with van der Waals surface area (Å²) in [7, 11) is -6.23. The minimum atomic E-state index is -3.15. The van der Waals surface area contributed by atoms with Gasteiger partial charge in [-0.25, -0.2) is 25.9 Å². The number of sulfonamides is 2. The molecular formula is C62H85Cl4N15O6S2. The number of hydrogen-bond acceptors (Lipinski definition) is 14. The van der Waals surface area contributed by atoms with Gasteiger partial charge in [-0.15, -0.1) is 0 Å². The van der Waals surface area contributed by atoms with Crippen LogP contribution in [0.25, 0.3) is 43.6 Å². The van der Waals surface area contributed by atoms with Crippen molar-refractivity contribution in [1.29, 1.82) is 0 Å². The molecule has 3 saturated heterocycles. The number of hydrogen-bond donors (Lipinski definition) is 7. The monoisotopic (exact) mass is 1340 g/mol. The molecule has 8 aromatic rings. The number of aliphatic hydroxyl groups is 1. The van der Waals surface area contributed by atoms with Gasteiger partial charge in [0.15, 0.2) is 0 Å². The molecule has 1 saturated carbocycles. The average Bonchev–Trinajstić information content (AvgIpc) is 2.30. The van der Waals surface area contributed by atoms with Gasteiger partial charge in [0.25, 0.3) is 0 Å². The second kappa shape index (κ2) is 27.9. The van der Waals surface area contributed by atoms with Gasteiger partial charge < -0.3 is 20.2 Å². The highest BCUT2D eigenvalue weighted by atomic mass is 35.5. The van der Waals surface area contributed by atoms with Crippen LogP contribution in [0.2, 0.25) is 20.1 Å². The first-order valence-corrected chi connectivity index (χ1v) is 35.3. The SMILES string of the molecule is CC(=O)NCCN1CCN(c2cc(Cl)cc3[nH]ncc23)CC1(C)C.CC1(C)CCC(O)(c2cc(Cl)cc3[nH]ncc23)CC1.CC1(C)CN(c2cc(Cl)cc3[nH]ncc23)CCN1CCNS(C)(=O)=O.CCS(=O)(=O)N1CCC(c2cc(Cl)cc3[nH]ncc23)CC1. The Bertz CT molecular complexity index is 3980. The van der Waals surface area contributed by atoms with Crippen molar-refractivity contribution in [3.8, 4) is 0 Å². The molecule has 0 atom stereocenters. The molecule has 27 heteroatoms. The van der Waals surface area contributed by atoms with E-state index in [2.05, 4.69) is 112 Å². The lowest BCUT2D eigenvalue weighted by Crippen LogP contribution is -2.60. The first-order valence-electron chi connectivity index (χ1n) is 30.3. The molecule has 4 aromatic carbocycles. The maximum absolute atomic E-state index is 11.9. The smallest absolute Gasteiger partial charge is 0.216 e. The molecule has 7 N–H and O–H groups in total. The van der Waals surface area contributed by atoms with Gasteiger partial charge in [0.1, 0.15) is 0 Å². The van der Waals surface area contributed by atoms with Crippen molar-refractivity contribution in [2.75, 3.05) is 100 Å². The zero-order valence-electron chi connectivity index (χ0n) is 52.3. The van der Waals surface area contributed by atoms with E-state index in [0.717, 1.165) is 145 Å². The number of benzene rings is 4. The van der Waals surface area contributed by atoms with Gasteiger partial charge in [0.05, 0.1) is 64.5 Å². The Labute approximate surface area is 542 Å². The van der Waals surface area contributed by atoms with Crippen molar-refractivity contribution in [2.45, 2.75) is 117 Å². The lowest BCUT2D eigenvalue weighted by atomic mass is 9.68. The third kappa shape index (κ3) is 16.9. The lowest BCUT2D eigenvalue weighted by molar-refractivity contribution is -0.119. The summed E-state index contributed by atoms with van der Waals surface area (Å²) in [5.74, 6) is 0.515. The van der Waals surface area contributed by atoms with E-state index in [-0.39, 0.29) is 22.7 Å². The number of carbonyl (C=O) groups is 1. The van der Waals surface area contributed by atoms with Crippen molar-refractivity contribution >= 4 is 127 Å². The summed E-state index contributed by atoms with van der Waals surface area (Å²) in [6, 6.07) is 15.4. The van der Waals surface area contributed by atoms with Gasteiger partial charge >= 0.3 is 0 Å². The van der Waals surface area contributed by atoms with Crippen LogP contribution in [0.1, 0.15) is 111 Å². The van der Waals surface area contributed by atoms with Crippen LogP contribution in [0.4, 0.5) is 11.4 Å². The molecule has 89 heavy (non-hydrogen) atoms. The molecular weight excluding hydrogens is 1260 g/mol. The van der Waals surface area contributed by atoms with Gasteiger partial charge in [0.2, 0.25) is 26.0 Å². The van der Waals surface area contributed by atoms with Crippen molar-refractivity contribution in [3.63, 3.8) is 0 Å². The highest BCUT2D eigenvalue weighted by Crippen LogP contribution is 2.47. The third-order valence-electron chi connectivity index (χ3n) is 18.0. The maximum Gasteiger partial charge on any atom is 0.216 e. The number of piperidine rings is 1. The number of halogens is 4. The summed E-state index contributed by atoms with van der Waals surface area (Å²) >= 11 is 24.9. The minimum absolute atomic E-state index is 0.00902.